The average Bonchev–Trinajstić information content (AvgIpc) is 2.81. The van der Waals surface area contributed by atoms with Gasteiger partial charge in [0.2, 0.25) is 0 Å². The van der Waals surface area contributed by atoms with E-state index in [2.05, 4.69) is 8.92 Å². The van der Waals surface area contributed by atoms with Gasteiger partial charge in [0.25, 0.3) is 10.1 Å². The zero-order valence-electron chi connectivity index (χ0n) is 21.4. The molecule has 1 aromatic carbocycles. The minimum atomic E-state index is -5.74. The summed E-state index contributed by atoms with van der Waals surface area (Å²) in [5, 5.41) is -9.59. The Kier molecular flexibility index (Phi) is 10.8. The fraction of sp³-hybridized carbons (Fsp3) is 0.682. The highest BCUT2D eigenvalue weighted by molar-refractivity contribution is 7.88. The van der Waals surface area contributed by atoms with Gasteiger partial charge >= 0.3 is 36.7 Å². The van der Waals surface area contributed by atoms with Gasteiger partial charge in [0, 0.05) is 0 Å². The van der Waals surface area contributed by atoms with Crippen LogP contribution in [0.4, 0.5) is 17.6 Å². The number of ether oxygens (including phenoxy) is 1. The van der Waals surface area contributed by atoms with Gasteiger partial charge in [-0.3, -0.25) is 13.3 Å². The molecule has 0 spiro atoms. The highest BCUT2D eigenvalue weighted by atomic mass is 32.2. The number of carbonyl (C=O) groups excluding carboxylic acids is 1. The normalized spacial score (nSPS) is 24.3. The van der Waals surface area contributed by atoms with Gasteiger partial charge in [-0.2, -0.15) is 42.8 Å². The van der Waals surface area contributed by atoms with E-state index in [9.17, 15) is 47.6 Å². The van der Waals surface area contributed by atoms with Crippen LogP contribution in [-0.4, -0.2) is 64.6 Å². The lowest BCUT2D eigenvalue weighted by Crippen LogP contribution is -2.38. The quantitative estimate of drug-likeness (QED) is 0.192. The fourth-order valence-corrected chi connectivity index (χ4v) is 6.69. The number of alkyl halides is 4. The summed E-state index contributed by atoms with van der Waals surface area (Å²) in [6.07, 6.45) is 9.62. The van der Waals surface area contributed by atoms with Gasteiger partial charge < -0.3 is 4.74 Å². The minimum Gasteiger partial charge on any atom is -0.464 e. The van der Waals surface area contributed by atoms with Crippen molar-refractivity contribution in [1.29, 1.82) is 0 Å². The second kappa shape index (κ2) is 12.6. The first-order valence-corrected chi connectivity index (χ1v) is 16.1. The zero-order valence-corrected chi connectivity index (χ0v) is 23.8. The molecule has 5 rings (SSSR count). The third-order valence-corrected chi connectivity index (χ3v) is 9.78. The Labute approximate surface area is 229 Å². The second-order valence-electron chi connectivity index (χ2n) is 10.0. The molecule has 11 nitrogen and oxygen atoms in total. The minimum absolute atomic E-state index is 0.399. The molecule has 4 saturated carbocycles. The monoisotopic (exact) mass is 642 g/mol. The molecule has 18 heteroatoms. The summed E-state index contributed by atoms with van der Waals surface area (Å²) in [6, 6.07) is 5.07. The third kappa shape index (κ3) is 8.82. The summed E-state index contributed by atoms with van der Waals surface area (Å²) < 4.78 is 136. The maximum absolute atomic E-state index is 12.8. The number of hydrogen-bond acceptors (Lipinski definition) is 9. The third-order valence-electron chi connectivity index (χ3n) is 6.82. The first-order valence-electron chi connectivity index (χ1n) is 11.8. The van der Waals surface area contributed by atoms with Crippen LogP contribution >= 0.6 is 0 Å². The van der Waals surface area contributed by atoms with Crippen LogP contribution in [0.3, 0.4) is 0 Å². The van der Waals surface area contributed by atoms with E-state index >= 15 is 0 Å². The van der Waals surface area contributed by atoms with Crippen LogP contribution in [0.1, 0.15) is 44.1 Å². The molecule has 0 unspecified atom stereocenters. The zero-order chi connectivity index (χ0) is 30.7. The first kappa shape index (κ1) is 34.3. The maximum Gasteiger partial charge on any atom is 0.465 e. The maximum atomic E-state index is 12.8. The van der Waals surface area contributed by atoms with Gasteiger partial charge in [-0.25, -0.2) is 4.79 Å². The average molecular weight is 643 g/mol. The van der Waals surface area contributed by atoms with E-state index in [0.29, 0.717) is 7.11 Å². The number of methoxy groups -OCH3 is 1. The van der Waals surface area contributed by atoms with Crippen LogP contribution in [-0.2, 0) is 44.1 Å². The lowest BCUT2D eigenvalue weighted by molar-refractivity contribution is -0.158. The van der Waals surface area contributed by atoms with Crippen LogP contribution in [0.15, 0.2) is 29.2 Å². The van der Waals surface area contributed by atoms with E-state index in [-0.39, 0.29) is 0 Å². The van der Waals surface area contributed by atoms with Crippen LogP contribution in [0.2, 0.25) is 0 Å². The number of carbonyl (C=O) groups is 1. The molecule has 0 aliphatic heterocycles. The molecule has 4 fully saturated rings. The summed E-state index contributed by atoms with van der Waals surface area (Å²) in [5.74, 6) is 2.39. The molecule has 0 aromatic heterocycles. The lowest BCUT2D eigenvalue weighted by Gasteiger charge is -2.49. The molecule has 0 radical (unpaired) electrons. The molecular formula is C22H30F4O11S3. The van der Waals surface area contributed by atoms with E-state index in [1.54, 1.807) is 45.4 Å². The van der Waals surface area contributed by atoms with E-state index in [1.165, 1.54) is 35.8 Å². The molecule has 40 heavy (non-hydrogen) atoms. The molecule has 0 saturated heterocycles. The van der Waals surface area contributed by atoms with Gasteiger partial charge in [0.1, 0.15) is 6.61 Å². The van der Waals surface area contributed by atoms with Crippen molar-refractivity contribution in [2.24, 2.45) is 23.7 Å². The molecular weight excluding hydrogens is 612 g/mol. The second-order valence-corrected chi connectivity index (χ2v) is 14.6. The van der Waals surface area contributed by atoms with Crippen molar-refractivity contribution in [3.63, 3.8) is 0 Å². The van der Waals surface area contributed by atoms with E-state index < -0.39 is 58.3 Å². The van der Waals surface area contributed by atoms with Gasteiger partial charge in [-0.15, -0.1) is 0 Å². The van der Waals surface area contributed by atoms with Gasteiger partial charge in [-0.1, -0.05) is 17.7 Å². The number of hydrogen-bond donors (Lipinski definition) is 2. The van der Waals surface area contributed by atoms with Crippen LogP contribution in [0, 0.1) is 30.6 Å². The van der Waals surface area contributed by atoms with Crippen molar-refractivity contribution in [2.75, 3.05) is 13.7 Å². The van der Waals surface area contributed by atoms with E-state index in [1.807, 2.05) is 0 Å². The number of rotatable bonds is 7. The SMILES string of the molecule is C1C2CC3CC1CC(C2)C3.COC(=O)C(F)(F)S(=O)(=O)O.Cc1ccc(S(=O)(=O)OCC(F)(F)S(=O)(=O)O)cc1. The largest absolute Gasteiger partial charge is 0.465 e. The number of esters is 1. The summed E-state index contributed by atoms with van der Waals surface area (Å²) in [7, 11) is -15.4. The van der Waals surface area contributed by atoms with Crippen molar-refractivity contribution in [2.45, 2.75) is 60.9 Å². The Hall–Kier alpha value is -1.86. The lowest BCUT2D eigenvalue weighted by atomic mass is 9.56. The fourth-order valence-electron chi connectivity index (χ4n) is 5.20. The highest BCUT2D eigenvalue weighted by Gasteiger charge is 2.53. The van der Waals surface area contributed by atoms with E-state index in [4.69, 9.17) is 9.11 Å². The smallest absolute Gasteiger partial charge is 0.464 e. The predicted octanol–water partition coefficient (Wildman–Crippen LogP) is 3.65. The Morgan fingerprint density at radius 2 is 1.18 bits per heavy atom. The van der Waals surface area contributed by atoms with Crippen molar-refractivity contribution in [3.05, 3.63) is 29.8 Å². The molecule has 2 N–H and O–H groups in total. The topological polar surface area (TPSA) is 178 Å². The molecule has 1 aromatic rings. The molecule has 0 amide bonds. The Bertz CT molecular complexity index is 1300. The summed E-state index contributed by atoms with van der Waals surface area (Å²) in [6.45, 7) is -0.314. The summed E-state index contributed by atoms with van der Waals surface area (Å²) in [5.41, 5.74) is 0.738. The van der Waals surface area contributed by atoms with Crippen molar-refractivity contribution >= 4 is 36.3 Å². The van der Waals surface area contributed by atoms with Crippen LogP contribution in [0.5, 0.6) is 0 Å². The Morgan fingerprint density at radius 3 is 1.45 bits per heavy atom. The summed E-state index contributed by atoms with van der Waals surface area (Å²) in [4.78, 5) is 9.57. The van der Waals surface area contributed by atoms with Crippen LogP contribution in [0.25, 0.3) is 0 Å². The highest BCUT2D eigenvalue weighted by Crippen LogP contribution is 2.53. The predicted molar refractivity (Wildman–Crippen MR) is 131 cm³/mol. The van der Waals surface area contributed by atoms with Crippen molar-refractivity contribution in [1.82, 2.24) is 0 Å². The number of benzene rings is 1. The van der Waals surface area contributed by atoms with Gasteiger partial charge in [0.05, 0.1) is 12.0 Å². The van der Waals surface area contributed by atoms with Gasteiger partial charge in [0.15, 0.2) is 0 Å². The standard InChI is InChI=1S/C10H16.C9H10F2O6S2.C3H4F2O5S/c1-7-2-9-4-8(1)5-10(3-7)6-9;1-7-2-4-8(5-3-7)18(12,13)17-6-9(10,11)19(14,15)16;1-10-2(6)3(4,5)11(7,8)9/h7-10H,1-6H2;2-5H,6H2,1H3,(H,14,15,16);1H3,(H,7,8,9). The Morgan fingerprint density at radius 1 is 0.800 bits per heavy atom. The molecule has 4 aliphatic carbocycles. The first-order chi connectivity index (χ1) is 18.1. The van der Waals surface area contributed by atoms with Crippen LogP contribution < -0.4 is 0 Å². The molecule has 4 bridgehead atoms. The number of aryl methyl sites for hydroxylation is 1. The van der Waals surface area contributed by atoms with E-state index in [0.717, 1.165) is 17.7 Å². The van der Waals surface area contributed by atoms with Crippen molar-refractivity contribution < 1.29 is 65.6 Å². The Balaban J connectivity index is 0.000000225. The number of halogens is 4. The molecule has 0 atom stereocenters. The molecule has 230 valence electrons. The van der Waals surface area contributed by atoms with Crippen molar-refractivity contribution in [3.8, 4) is 0 Å². The molecule has 0 heterocycles. The summed E-state index contributed by atoms with van der Waals surface area (Å²) >= 11 is 0. The molecule has 4 aliphatic rings. The van der Waals surface area contributed by atoms with Gasteiger partial charge in [-0.05, 0) is 81.3 Å².